The largest absolute Gasteiger partial charge is 0.423 e. The molecule has 1 aliphatic carbocycles. The molecule has 1 saturated heterocycles. The quantitative estimate of drug-likeness (QED) is 0.858. The van der Waals surface area contributed by atoms with Gasteiger partial charge in [0.15, 0.2) is 0 Å². The average molecular weight is 307 g/mol. The predicted molar refractivity (Wildman–Crippen MR) is 88.4 cm³/mol. The van der Waals surface area contributed by atoms with Crippen molar-refractivity contribution in [2.75, 3.05) is 18.0 Å². The molecule has 1 aromatic heterocycles. The van der Waals surface area contributed by atoms with Gasteiger partial charge in [0, 0.05) is 19.0 Å². The lowest BCUT2D eigenvalue weighted by atomic mass is 9.99. The molecule has 2 heterocycles. The summed E-state index contributed by atoms with van der Waals surface area (Å²) in [5.41, 5.74) is 1.79. The van der Waals surface area contributed by atoms with Crippen LogP contribution in [0.5, 0.6) is 0 Å². The minimum atomic E-state index is 0.321. The minimum Gasteiger partial charge on any atom is -0.423 e. The number of oxazole rings is 1. The molecule has 118 valence electrons. The van der Waals surface area contributed by atoms with Gasteiger partial charge in [-0.3, -0.25) is 0 Å². The maximum Gasteiger partial charge on any atom is 0.234 e. The van der Waals surface area contributed by atoms with Crippen molar-refractivity contribution in [3.8, 4) is 6.07 Å². The second-order valence-electron chi connectivity index (χ2n) is 6.85. The number of rotatable bonds is 3. The van der Waals surface area contributed by atoms with E-state index in [2.05, 4.69) is 47.1 Å². The van der Waals surface area contributed by atoms with E-state index in [9.17, 15) is 5.26 Å². The zero-order chi connectivity index (χ0) is 15.8. The van der Waals surface area contributed by atoms with Crippen LogP contribution in [-0.4, -0.2) is 18.1 Å². The lowest BCUT2D eigenvalue weighted by Gasteiger charge is -2.29. The maximum absolute atomic E-state index is 9.40. The maximum atomic E-state index is 9.40. The smallest absolute Gasteiger partial charge is 0.234 e. The van der Waals surface area contributed by atoms with Crippen molar-refractivity contribution < 1.29 is 4.42 Å². The van der Waals surface area contributed by atoms with Gasteiger partial charge in [0.2, 0.25) is 17.5 Å². The van der Waals surface area contributed by atoms with Gasteiger partial charge in [-0.15, -0.1) is 0 Å². The lowest BCUT2D eigenvalue weighted by molar-refractivity contribution is 0.408. The Morgan fingerprint density at radius 1 is 1.17 bits per heavy atom. The number of hydrogen-bond acceptors (Lipinski definition) is 4. The first-order valence-corrected chi connectivity index (χ1v) is 8.47. The molecule has 2 atom stereocenters. The molecular weight excluding hydrogens is 286 g/mol. The highest BCUT2D eigenvalue weighted by atomic mass is 16.4. The van der Waals surface area contributed by atoms with Gasteiger partial charge >= 0.3 is 0 Å². The summed E-state index contributed by atoms with van der Waals surface area (Å²) in [6.45, 7) is 4.19. The van der Waals surface area contributed by atoms with Crippen LogP contribution in [0.4, 0.5) is 5.88 Å². The number of hydrogen-bond donors (Lipinski definition) is 0. The first kappa shape index (κ1) is 14.3. The number of anilines is 1. The molecule has 4 nitrogen and oxygen atoms in total. The molecule has 1 aromatic carbocycles. The number of nitrogens with zero attached hydrogens (tertiary/aromatic N) is 3. The summed E-state index contributed by atoms with van der Waals surface area (Å²) in [4.78, 5) is 6.68. The third-order valence-electron chi connectivity index (χ3n) is 5.14. The number of piperidine rings is 1. The van der Waals surface area contributed by atoms with Crippen molar-refractivity contribution in [2.24, 2.45) is 5.92 Å². The van der Waals surface area contributed by atoms with Crippen LogP contribution in [0.2, 0.25) is 0 Å². The summed E-state index contributed by atoms with van der Waals surface area (Å²) in [5.74, 6) is 2.99. The summed E-state index contributed by atoms with van der Waals surface area (Å²) in [6, 6.07) is 12.7. The molecule has 23 heavy (non-hydrogen) atoms. The van der Waals surface area contributed by atoms with E-state index >= 15 is 0 Å². The first-order chi connectivity index (χ1) is 11.3. The molecule has 0 unspecified atom stereocenters. The molecule has 1 saturated carbocycles. The predicted octanol–water partition coefficient (Wildman–Crippen LogP) is 4.05. The first-order valence-electron chi connectivity index (χ1n) is 8.47. The highest BCUT2D eigenvalue weighted by Gasteiger charge is 2.44. The molecule has 0 spiro atoms. The standard InChI is InChI=1S/C19H21N3O/c1-13-7-9-22(10-8-13)19-17(12-20)21-18(23-19)16-11-15(16)14-5-3-2-4-6-14/h2-6,13,15-16H,7-11H2,1H3/t15-,16+/m1/s1. The van der Waals surface area contributed by atoms with Crippen molar-refractivity contribution in [3.05, 3.63) is 47.5 Å². The Morgan fingerprint density at radius 2 is 1.91 bits per heavy atom. The van der Waals surface area contributed by atoms with Crippen molar-refractivity contribution in [1.82, 2.24) is 4.98 Å². The molecule has 0 bridgehead atoms. The fourth-order valence-corrected chi connectivity index (χ4v) is 3.52. The molecule has 4 rings (SSSR count). The summed E-state index contributed by atoms with van der Waals surface area (Å²) >= 11 is 0. The van der Waals surface area contributed by atoms with Gasteiger partial charge < -0.3 is 9.32 Å². The summed E-state index contributed by atoms with van der Waals surface area (Å²) in [6.07, 6.45) is 3.36. The molecule has 0 radical (unpaired) electrons. The summed E-state index contributed by atoms with van der Waals surface area (Å²) in [5, 5.41) is 9.40. The van der Waals surface area contributed by atoms with E-state index in [1.165, 1.54) is 5.56 Å². The third kappa shape index (κ3) is 2.72. The lowest BCUT2D eigenvalue weighted by Crippen LogP contribution is -2.32. The number of aromatic nitrogens is 1. The average Bonchev–Trinajstić information content (AvgIpc) is 3.28. The Hall–Kier alpha value is -2.28. The molecule has 2 aliphatic rings. The number of nitriles is 1. The second-order valence-corrected chi connectivity index (χ2v) is 6.85. The minimum absolute atomic E-state index is 0.321. The fraction of sp³-hybridized carbons (Fsp3) is 0.474. The Kier molecular flexibility index (Phi) is 3.57. The zero-order valence-electron chi connectivity index (χ0n) is 13.4. The SMILES string of the molecule is CC1CCN(c2oc([C@H]3C[C@@H]3c3ccccc3)nc2C#N)CC1. The topological polar surface area (TPSA) is 53.1 Å². The van der Waals surface area contributed by atoms with Crippen LogP contribution >= 0.6 is 0 Å². The highest BCUT2D eigenvalue weighted by Crippen LogP contribution is 2.54. The van der Waals surface area contributed by atoms with Gasteiger partial charge in [-0.05, 0) is 36.7 Å². The van der Waals surface area contributed by atoms with Gasteiger partial charge in [-0.1, -0.05) is 37.3 Å². The van der Waals surface area contributed by atoms with E-state index in [4.69, 9.17) is 4.42 Å². The van der Waals surface area contributed by atoms with Crippen LogP contribution in [0, 0.1) is 17.2 Å². The van der Waals surface area contributed by atoms with Crippen LogP contribution in [0.3, 0.4) is 0 Å². The van der Waals surface area contributed by atoms with E-state index in [1.54, 1.807) is 0 Å². The Morgan fingerprint density at radius 3 is 2.61 bits per heavy atom. The molecule has 2 aromatic rings. The van der Waals surface area contributed by atoms with E-state index < -0.39 is 0 Å². The van der Waals surface area contributed by atoms with Gasteiger partial charge in [-0.2, -0.15) is 5.26 Å². The fourth-order valence-electron chi connectivity index (χ4n) is 3.52. The molecule has 0 N–H and O–H groups in total. The van der Waals surface area contributed by atoms with E-state index in [-0.39, 0.29) is 0 Å². The summed E-state index contributed by atoms with van der Waals surface area (Å²) < 4.78 is 6.05. The van der Waals surface area contributed by atoms with Crippen LogP contribution in [-0.2, 0) is 0 Å². The zero-order valence-corrected chi connectivity index (χ0v) is 13.4. The van der Waals surface area contributed by atoms with Crippen molar-refractivity contribution in [1.29, 1.82) is 5.26 Å². The second kappa shape index (κ2) is 5.73. The normalized spacial score (nSPS) is 24.4. The van der Waals surface area contributed by atoms with Crippen LogP contribution in [0.1, 0.15) is 55.2 Å². The molecule has 2 fully saturated rings. The van der Waals surface area contributed by atoms with Crippen LogP contribution in [0.15, 0.2) is 34.7 Å². The molecule has 0 amide bonds. The van der Waals surface area contributed by atoms with Gasteiger partial charge in [0.05, 0.1) is 0 Å². The van der Waals surface area contributed by atoms with E-state index in [1.807, 2.05) is 6.07 Å². The highest BCUT2D eigenvalue weighted by molar-refractivity contribution is 5.49. The van der Waals surface area contributed by atoms with Crippen molar-refractivity contribution >= 4 is 5.88 Å². The van der Waals surface area contributed by atoms with Crippen molar-refractivity contribution in [3.63, 3.8) is 0 Å². The molecular formula is C19H21N3O. The summed E-state index contributed by atoms with van der Waals surface area (Å²) in [7, 11) is 0. The van der Waals surface area contributed by atoms with Crippen molar-refractivity contribution in [2.45, 2.75) is 38.0 Å². The number of benzene rings is 1. The molecule has 1 aliphatic heterocycles. The Bertz CT molecular complexity index is 723. The monoisotopic (exact) mass is 307 g/mol. The Balaban J connectivity index is 1.54. The third-order valence-corrected chi connectivity index (χ3v) is 5.14. The molecule has 4 heteroatoms. The van der Waals surface area contributed by atoms with Gasteiger partial charge in [-0.25, -0.2) is 4.98 Å². The van der Waals surface area contributed by atoms with E-state index in [0.29, 0.717) is 23.4 Å². The van der Waals surface area contributed by atoms with Crippen LogP contribution in [0.25, 0.3) is 0 Å². The van der Waals surface area contributed by atoms with Crippen LogP contribution < -0.4 is 4.90 Å². The van der Waals surface area contributed by atoms with Gasteiger partial charge in [0.25, 0.3) is 0 Å². The van der Waals surface area contributed by atoms with Gasteiger partial charge in [0.1, 0.15) is 6.07 Å². The Labute approximate surface area is 136 Å². The van der Waals surface area contributed by atoms with E-state index in [0.717, 1.165) is 44.2 Å².